The molecule has 2 bridgehead atoms. The number of imidazole rings is 1. The lowest BCUT2D eigenvalue weighted by Gasteiger charge is -2.37. The Labute approximate surface area is 210 Å². The zero-order valence-corrected chi connectivity index (χ0v) is 20.4. The summed E-state index contributed by atoms with van der Waals surface area (Å²) in [5, 5.41) is 0. The van der Waals surface area contributed by atoms with Gasteiger partial charge in [-0.1, -0.05) is 24.3 Å². The van der Waals surface area contributed by atoms with E-state index in [0.29, 0.717) is 5.92 Å². The van der Waals surface area contributed by atoms with Gasteiger partial charge in [-0.25, -0.2) is 4.98 Å². The van der Waals surface area contributed by atoms with Gasteiger partial charge in [0.15, 0.2) is 0 Å². The second kappa shape index (κ2) is 7.04. The molecule has 0 saturated heterocycles. The molecular formula is C30H29N5O. The zero-order chi connectivity index (χ0) is 24.2. The Morgan fingerprint density at radius 2 is 1.86 bits per heavy atom. The molecule has 2 saturated carbocycles. The smallest absolute Gasteiger partial charge is 0.254 e. The maximum atomic E-state index is 13.5. The lowest BCUT2D eigenvalue weighted by Crippen LogP contribution is -2.43. The molecule has 2 aliphatic carbocycles. The lowest BCUT2D eigenvalue weighted by atomic mass is 9.75. The van der Waals surface area contributed by atoms with E-state index in [-0.39, 0.29) is 23.5 Å². The molecule has 2 aliphatic heterocycles. The monoisotopic (exact) mass is 475 g/mol. The van der Waals surface area contributed by atoms with Crippen LogP contribution in [0.3, 0.4) is 0 Å². The molecule has 2 fully saturated rings. The van der Waals surface area contributed by atoms with E-state index in [4.69, 9.17) is 15.7 Å². The van der Waals surface area contributed by atoms with Crippen molar-refractivity contribution in [1.82, 2.24) is 19.4 Å². The minimum absolute atomic E-state index is 0.0121. The Bertz CT molecular complexity index is 1560. The van der Waals surface area contributed by atoms with Gasteiger partial charge in [-0.05, 0) is 79.0 Å². The number of nitrogens with two attached hydrogens (primary N) is 1. The highest BCUT2D eigenvalue weighted by molar-refractivity contribution is 5.97. The second-order valence-electron chi connectivity index (χ2n) is 11.3. The van der Waals surface area contributed by atoms with E-state index in [1.54, 1.807) is 0 Å². The first kappa shape index (κ1) is 20.7. The van der Waals surface area contributed by atoms with Gasteiger partial charge < -0.3 is 15.2 Å². The van der Waals surface area contributed by atoms with Crippen LogP contribution in [-0.2, 0) is 5.54 Å². The normalized spacial score (nSPS) is 23.8. The predicted octanol–water partition coefficient (Wildman–Crippen LogP) is 5.43. The topological polar surface area (TPSA) is 77.0 Å². The van der Waals surface area contributed by atoms with Gasteiger partial charge in [0.05, 0.1) is 34.3 Å². The number of benzene rings is 2. The number of nitrogens with zero attached hydrogens (tertiary/aromatic N) is 4. The van der Waals surface area contributed by atoms with Crippen LogP contribution in [-0.4, -0.2) is 32.4 Å². The number of rotatable bonds is 3. The maximum Gasteiger partial charge on any atom is 0.254 e. The molecular weight excluding hydrogens is 446 g/mol. The number of carbonyl (C=O) groups excluding carboxylic acids is 1. The van der Waals surface area contributed by atoms with Crippen molar-refractivity contribution in [1.29, 1.82) is 0 Å². The van der Waals surface area contributed by atoms with Gasteiger partial charge in [0, 0.05) is 30.8 Å². The second-order valence-corrected chi connectivity index (χ2v) is 11.3. The fraction of sp³-hybridized carbons (Fsp3) is 0.367. The third-order valence-electron chi connectivity index (χ3n) is 9.13. The van der Waals surface area contributed by atoms with Gasteiger partial charge in [-0.2, -0.15) is 0 Å². The summed E-state index contributed by atoms with van der Waals surface area (Å²) < 4.78 is 2.42. The Morgan fingerprint density at radius 1 is 1.03 bits per heavy atom. The molecule has 0 radical (unpaired) electrons. The summed E-state index contributed by atoms with van der Waals surface area (Å²) in [6.07, 6.45) is 8.47. The van der Waals surface area contributed by atoms with Crippen molar-refractivity contribution in [2.45, 2.75) is 62.1 Å². The van der Waals surface area contributed by atoms with E-state index in [1.165, 1.54) is 30.4 Å². The van der Waals surface area contributed by atoms with Gasteiger partial charge in [0.2, 0.25) is 0 Å². The summed E-state index contributed by atoms with van der Waals surface area (Å²) in [7, 11) is 1.93. The van der Waals surface area contributed by atoms with E-state index < -0.39 is 0 Å². The van der Waals surface area contributed by atoms with Crippen molar-refractivity contribution in [3.63, 3.8) is 0 Å². The summed E-state index contributed by atoms with van der Waals surface area (Å²) in [6.45, 7) is 0. The molecule has 4 heterocycles. The number of amides is 1. The molecule has 4 aliphatic rings. The first-order valence-electron chi connectivity index (χ1n) is 13.2. The van der Waals surface area contributed by atoms with Crippen LogP contribution in [0.15, 0.2) is 54.7 Å². The minimum Gasteiger partial charge on any atom is -0.331 e. The van der Waals surface area contributed by atoms with E-state index in [2.05, 4.69) is 47.0 Å². The summed E-state index contributed by atoms with van der Waals surface area (Å²) in [5.74, 6) is 1.70. The summed E-state index contributed by atoms with van der Waals surface area (Å²) >= 11 is 0. The summed E-state index contributed by atoms with van der Waals surface area (Å²) in [6, 6.07) is 17.2. The van der Waals surface area contributed by atoms with Crippen molar-refractivity contribution in [2.24, 2.45) is 5.73 Å². The number of hydrogen-bond donors (Lipinski definition) is 1. The van der Waals surface area contributed by atoms with Crippen LogP contribution in [0.2, 0.25) is 0 Å². The zero-order valence-electron chi connectivity index (χ0n) is 20.4. The van der Waals surface area contributed by atoms with Crippen LogP contribution >= 0.6 is 0 Å². The molecule has 0 spiro atoms. The van der Waals surface area contributed by atoms with Crippen LogP contribution in [0.25, 0.3) is 22.2 Å². The molecule has 2 N–H and O–H groups in total. The third-order valence-corrected chi connectivity index (χ3v) is 9.13. The van der Waals surface area contributed by atoms with Gasteiger partial charge in [0.1, 0.15) is 5.82 Å². The first-order chi connectivity index (χ1) is 17.5. The first-order valence-corrected chi connectivity index (χ1v) is 13.2. The molecule has 2 atom stereocenters. The highest BCUT2D eigenvalue weighted by atomic mass is 16.2. The van der Waals surface area contributed by atoms with Gasteiger partial charge in [-0.3, -0.25) is 9.78 Å². The maximum absolute atomic E-state index is 13.5. The van der Waals surface area contributed by atoms with E-state index in [0.717, 1.165) is 58.5 Å². The van der Waals surface area contributed by atoms with Crippen molar-refractivity contribution in [3.05, 3.63) is 82.9 Å². The van der Waals surface area contributed by atoms with Crippen LogP contribution in [0.5, 0.6) is 0 Å². The fourth-order valence-electron chi connectivity index (χ4n) is 6.75. The highest BCUT2D eigenvalue weighted by Gasteiger charge is 2.45. The van der Waals surface area contributed by atoms with Crippen molar-refractivity contribution < 1.29 is 4.79 Å². The molecule has 36 heavy (non-hydrogen) atoms. The quantitative estimate of drug-likeness (QED) is 0.428. The van der Waals surface area contributed by atoms with Gasteiger partial charge in [0.25, 0.3) is 5.91 Å². The minimum atomic E-state index is -0.249. The number of pyridine rings is 1. The Morgan fingerprint density at radius 3 is 2.58 bits per heavy atom. The molecule has 6 nitrogen and oxygen atoms in total. The van der Waals surface area contributed by atoms with Gasteiger partial charge >= 0.3 is 0 Å². The number of hydrogen-bond acceptors (Lipinski definition) is 4. The molecule has 0 unspecified atom stereocenters. The van der Waals surface area contributed by atoms with E-state index in [1.807, 2.05) is 24.2 Å². The molecule has 2 aromatic carbocycles. The van der Waals surface area contributed by atoms with Crippen LogP contribution in [0.4, 0.5) is 0 Å². The molecule has 180 valence electrons. The fourth-order valence-corrected chi connectivity index (χ4v) is 6.75. The van der Waals surface area contributed by atoms with Crippen LogP contribution in [0.1, 0.15) is 89.5 Å². The van der Waals surface area contributed by atoms with Gasteiger partial charge in [-0.15, -0.1) is 0 Å². The Kier molecular flexibility index (Phi) is 4.04. The number of fused-ring (bicyclic) bond motifs is 9. The van der Waals surface area contributed by atoms with Crippen LogP contribution in [0, 0.1) is 0 Å². The third kappa shape index (κ3) is 2.73. The molecule has 8 rings (SSSR count). The standard InChI is InChI=1S/C30H29N5O/c1-34-25-15-24(27-20(17-6-7-17)4-2-5-21(27)29(34)36)35-23-14-18(8-10-22(23)33-28(25)35)19-9-11-26(32-16-19)30(31)12-3-13-30/h2,4-5,8-11,14,16-17,24-25H,3,6-7,12-13,15,31H2,1H3/t24-,25-/m1/s1. The summed E-state index contributed by atoms with van der Waals surface area (Å²) in [5.41, 5.74) is 15.0. The average molecular weight is 476 g/mol. The Hall–Kier alpha value is -3.51. The molecule has 2 aromatic heterocycles. The van der Waals surface area contributed by atoms with Crippen molar-refractivity contribution in [3.8, 4) is 11.1 Å². The van der Waals surface area contributed by atoms with E-state index in [9.17, 15) is 4.79 Å². The largest absolute Gasteiger partial charge is 0.331 e. The lowest BCUT2D eigenvalue weighted by molar-refractivity contribution is 0.0734. The van der Waals surface area contributed by atoms with Crippen molar-refractivity contribution in [2.75, 3.05) is 7.05 Å². The number of aromatic nitrogens is 3. The predicted molar refractivity (Wildman–Crippen MR) is 139 cm³/mol. The van der Waals surface area contributed by atoms with E-state index >= 15 is 0 Å². The average Bonchev–Trinajstić information content (AvgIpc) is 3.59. The number of carbonyl (C=O) groups is 1. The molecule has 4 aromatic rings. The van der Waals surface area contributed by atoms with Crippen molar-refractivity contribution >= 4 is 16.9 Å². The SMILES string of the molecule is CN1C(=O)c2cccc(C3CC3)c2[C@H]2C[C@@H]1c1nc3ccc(-c4ccc(C5(N)CCC5)nc4)cc3n12. The highest BCUT2D eigenvalue weighted by Crippen LogP contribution is 2.52. The van der Waals surface area contributed by atoms with Crippen LogP contribution < -0.4 is 5.73 Å². The molecule has 1 amide bonds. The summed E-state index contributed by atoms with van der Waals surface area (Å²) in [4.78, 5) is 25.2. The Balaban J connectivity index is 1.28. The molecule has 6 heteroatoms.